The quantitative estimate of drug-likeness (QED) is 0.617. The van der Waals surface area contributed by atoms with Crippen LogP contribution in [0.1, 0.15) is 54.9 Å². The molecule has 2 N–H and O–H groups in total. The smallest absolute Gasteiger partial charge is 0.369 e. The lowest BCUT2D eigenvalue weighted by atomic mass is 10.1. The van der Waals surface area contributed by atoms with Crippen LogP contribution in [0.25, 0.3) is 10.9 Å². The van der Waals surface area contributed by atoms with Crippen molar-refractivity contribution in [2.45, 2.75) is 51.1 Å². The lowest BCUT2D eigenvalue weighted by Crippen LogP contribution is -2.23. The molecule has 0 radical (unpaired) electrons. The summed E-state index contributed by atoms with van der Waals surface area (Å²) in [6.45, 7) is 1.64. The minimum atomic E-state index is -4.51. The lowest BCUT2D eigenvalue weighted by Gasteiger charge is -2.19. The molecule has 1 aliphatic carbocycles. The van der Waals surface area contributed by atoms with Gasteiger partial charge in [0.05, 0.1) is 16.5 Å². The summed E-state index contributed by atoms with van der Waals surface area (Å²) >= 11 is 0. The van der Waals surface area contributed by atoms with Crippen molar-refractivity contribution in [2.75, 3.05) is 5.32 Å². The van der Waals surface area contributed by atoms with E-state index >= 15 is 0 Å². The van der Waals surface area contributed by atoms with Crippen molar-refractivity contribution in [1.29, 1.82) is 0 Å². The summed E-state index contributed by atoms with van der Waals surface area (Å²) in [5.74, 6) is 0.633. The average Bonchev–Trinajstić information content (AvgIpc) is 3.21. The first kappa shape index (κ1) is 20.3. The maximum atomic E-state index is 13.0. The first-order chi connectivity index (χ1) is 14.2. The van der Waals surface area contributed by atoms with Crippen molar-refractivity contribution < 1.29 is 18.3 Å². The molecule has 1 saturated carbocycles. The van der Waals surface area contributed by atoms with Gasteiger partial charge in [0.15, 0.2) is 6.23 Å². The van der Waals surface area contributed by atoms with E-state index in [0.717, 1.165) is 37.8 Å². The molecule has 1 aliphatic rings. The summed E-state index contributed by atoms with van der Waals surface area (Å²) < 4.78 is 40.6. The van der Waals surface area contributed by atoms with Gasteiger partial charge in [-0.05, 0) is 31.9 Å². The number of nitrogens with zero attached hydrogens (tertiary/aromatic N) is 3. The number of aliphatic hydroxyl groups excluding tert-OH is 1. The molecule has 0 amide bonds. The van der Waals surface area contributed by atoms with Crippen LogP contribution in [-0.2, 0) is 6.18 Å². The molecular weight excluding hydrogens is 397 g/mol. The monoisotopic (exact) mass is 418 g/mol. The third-order valence-corrected chi connectivity index (χ3v) is 5.39. The van der Waals surface area contributed by atoms with Crippen molar-refractivity contribution in [3.63, 3.8) is 0 Å². The Bertz CT molecular complexity index is 1140. The molecule has 6 nitrogen and oxygen atoms in total. The van der Waals surface area contributed by atoms with E-state index in [4.69, 9.17) is 0 Å². The number of fused-ring (bicyclic) bond motifs is 1. The highest BCUT2D eigenvalue weighted by atomic mass is 19.4. The van der Waals surface area contributed by atoms with Crippen LogP contribution in [0, 0.1) is 6.92 Å². The number of halogens is 3. The number of hydrogen-bond acceptors (Lipinski definition) is 5. The predicted octanol–water partition coefficient (Wildman–Crippen LogP) is 4.34. The van der Waals surface area contributed by atoms with Gasteiger partial charge in [0, 0.05) is 23.9 Å². The number of aliphatic hydroxyl groups is 1. The Labute approximate surface area is 170 Å². The van der Waals surface area contributed by atoms with E-state index in [1.165, 1.54) is 18.2 Å². The van der Waals surface area contributed by atoms with E-state index in [2.05, 4.69) is 15.3 Å². The van der Waals surface area contributed by atoms with Gasteiger partial charge < -0.3 is 15.0 Å². The van der Waals surface area contributed by atoms with E-state index < -0.39 is 18.0 Å². The summed E-state index contributed by atoms with van der Waals surface area (Å²) in [7, 11) is 0. The molecule has 0 aliphatic heterocycles. The Hall–Kier alpha value is -2.94. The molecule has 4 rings (SSSR count). The van der Waals surface area contributed by atoms with E-state index in [1.54, 1.807) is 17.7 Å². The van der Waals surface area contributed by atoms with Crippen LogP contribution in [-0.4, -0.2) is 19.6 Å². The third-order valence-electron chi connectivity index (χ3n) is 5.39. The van der Waals surface area contributed by atoms with Gasteiger partial charge in [-0.25, -0.2) is 9.97 Å². The first-order valence-corrected chi connectivity index (χ1v) is 9.74. The minimum absolute atomic E-state index is 0.0540. The van der Waals surface area contributed by atoms with Crippen molar-refractivity contribution in [3.8, 4) is 0 Å². The zero-order valence-electron chi connectivity index (χ0n) is 16.3. The number of aromatic nitrogens is 3. The van der Waals surface area contributed by atoms with Crippen molar-refractivity contribution in [2.24, 2.45) is 0 Å². The fourth-order valence-electron chi connectivity index (χ4n) is 3.91. The molecule has 0 spiro atoms. The Morgan fingerprint density at radius 2 is 1.93 bits per heavy atom. The molecule has 158 valence electrons. The van der Waals surface area contributed by atoms with Crippen molar-refractivity contribution >= 4 is 16.7 Å². The predicted molar refractivity (Wildman–Crippen MR) is 106 cm³/mol. The number of alkyl halides is 3. The van der Waals surface area contributed by atoms with E-state index in [0.29, 0.717) is 16.7 Å². The normalized spacial score (nSPS) is 16.2. The zero-order valence-corrected chi connectivity index (χ0v) is 16.3. The maximum absolute atomic E-state index is 13.0. The molecule has 1 aromatic carbocycles. The van der Waals surface area contributed by atoms with Gasteiger partial charge in [-0.3, -0.25) is 4.79 Å². The first-order valence-electron chi connectivity index (χ1n) is 9.74. The lowest BCUT2D eigenvalue weighted by molar-refractivity contribution is -0.137. The van der Waals surface area contributed by atoms with E-state index in [9.17, 15) is 23.1 Å². The minimum Gasteiger partial charge on any atom is -0.369 e. The van der Waals surface area contributed by atoms with Gasteiger partial charge in [-0.1, -0.05) is 25.0 Å². The molecule has 2 heterocycles. The largest absolute Gasteiger partial charge is 0.416 e. The maximum Gasteiger partial charge on any atom is 0.416 e. The molecule has 9 heteroatoms. The molecule has 0 unspecified atom stereocenters. The molecule has 30 heavy (non-hydrogen) atoms. The molecule has 3 aromatic rings. The zero-order chi connectivity index (χ0) is 21.5. The highest BCUT2D eigenvalue weighted by molar-refractivity contribution is 5.88. The van der Waals surface area contributed by atoms with Crippen molar-refractivity contribution in [3.05, 3.63) is 63.8 Å². The standard InChI is InChI=1S/C21H21F3N4O2/c1-12-25-17-10-18(29)28(15-7-2-3-8-15)11-16(17)19(26-12)27-20(30)13-5-4-6-14(9-13)21(22,23)24/h4-6,9-11,15,20,30H,2-3,7-8H2,1H3,(H,25,26,27)/t20-/m1/s1. The number of benzene rings is 1. The Balaban J connectivity index is 1.73. The summed E-state index contributed by atoms with van der Waals surface area (Å²) in [5.41, 5.74) is -0.532. The topological polar surface area (TPSA) is 80.0 Å². The van der Waals surface area contributed by atoms with Gasteiger partial charge in [-0.2, -0.15) is 13.2 Å². The van der Waals surface area contributed by atoms with Gasteiger partial charge in [-0.15, -0.1) is 0 Å². The fraction of sp³-hybridized carbons (Fsp3) is 0.381. The van der Waals surface area contributed by atoms with Crippen LogP contribution in [0.2, 0.25) is 0 Å². The van der Waals surface area contributed by atoms with Crippen LogP contribution in [0.5, 0.6) is 0 Å². The number of nitrogens with one attached hydrogen (secondary N) is 1. The van der Waals surface area contributed by atoms with Crippen LogP contribution < -0.4 is 10.9 Å². The summed E-state index contributed by atoms with van der Waals surface area (Å²) in [6.07, 6.45) is -0.324. The second-order valence-electron chi connectivity index (χ2n) is 7.55. The molecule has 1 atom stereocenters. The molecule has 1 fully saturated rings. The Kier molecular flexibility index (Phi) is 5.23. The van der Waals surface area contributed by atoms with Crippen LogP contribution >= 0.6 is 0 Å². The molecule has 2 aromatic heterocycles. The van der Waals surface area contributed by atoms with Gasteiger partial charge in [0.25, 0.3) is 5.56 Å². The van der Waals surface area contributed by atoms with Crippen LogP contribution in [0.3, 0.4) is 0 Å². The summed E-state index contributed by atoms with van der Waals surface area (Å²) in [4.78, 5) is 21.2. The highest BCUT2D eigenvalue weighted by Gasteiger charge is 2.31. The van der Waals surface area contributed by atoms with Gasteiger partial charge in [0.1, 0.15) is 11.6 Å². The molecule has 0 bridgehead atoms. The number of rotatable bonds is 4. The summed E-state index contributed by atoms with van der Waals surface area (Å²) in [6, 6.07) is 6.01. The third kappa shape index (κ3) is 4.02. The van der Waals surface area contributed by atoms with E-state index in [-0.39, 0.29) is 23.0 Å². The molecule has 0 saturated heterocycles. The molecular formula is C21H21F3N4O2. The SMILES string of the molecule is Cc1nc(N[C@H](O)c2cccc(C(F)(F)F)c2)c2cn(C3CCCC3)c(=O)cc2n1. The second-order valence-corrected chi connectivity index (χ2v) is 7.55. The average molecular weight is 418 g/mol. The Morgan fingerprint density at radius 3 is 2.63 bits per heavy atom. The number of pyridine rings is 1. The fourth-order valence-corrected chi connectivity index (χ4v) is 3.91. The van der Waals surface area contributed by atoms with E-state index in [1.807, 2.05) is 0 Å². The van der Waals surface area contributed by atoms with Gasteiger partial charge >= 0.3 is 6.18 Å². The number of anilines is 1. The second kappa shape index (κ2) is 7.71. The summed E-state index contributed by atoms with van der Waals surface area (Å²) in [5, 5.41) is 13.8. The number of hydrogen-bond donors (Lipinski definition) is 2. The Morgan fingerprint density at radius 1 is 1.20 bits per heavy atom. The van der Waals surface area contributed by atoms with Crippen LogP contribution in [0.4, 0.5) is 19.0 Å². The van der Waals surface area contributed by atoms with Crippen LogP contribution in [0.15, 0.2) is 41.3 Å². The van der Waals surface area contributed by atoms with Crippen molar-refractivity contribution in [1.82, 2.24) is 14.5 Å². The number of aryl methyl sites for hydroxylation is 1. The highest BCUT2D eigenvalue weighted by Crippen LogP contribution is 2.32. The van der Waals surface area contributed by atoms with Gasteiger partial charge in [0.2, 0.25) is 0 Å².